The van der Waals surface area contributed by atoms with Crippen molar-refractivity contribution in [2.24, 2.45) is 0 Å². The number of pyridine rings is 1. The molecule has 0 bridgehead atoms. The maximum Gasteiger partial charge on any atom is 0.255 e. The van der Waals surface area contributed by atoms with Crippen LogP contribution in [0.5, 0.6) is 0 Å². The molecule has 3 heterocycles. The molecule has 0 saturated carbocycles. The number of hydrogen-bond donors (Lipinski definition) is 0. The number of aromatic nitrogens is 3. The molecule has 1 amide bonds. The highest BCUT2D eigenvalue weighted by molar-refractivity contribution is 7.98. The van der Waals surface area contributed by atoms with E-state index < -0.39 is 0 Å². The van der Waals surface area contributed by atoms with Crippen molar-refractivity contribution in [3.05, 3.63) is 95.4 Å². The zero-order valence-electron chi connectivity index (χ0n) is 16.9. The third kappa shape index (κ3) is 4.19. The minimum Gasteiger partial charge on any atom is -0.335 e. The number of rotatable bonds is 6. The first-order valence-electron chi connectivity index (χ1n) is 9.92. The van der Waals surface area contributed by atoms with E-state index in [1.165, 1.54) is 0 Å². The fraction of sp³-hybridized carbons (Fsp3) is 0.125. The minimum atomic E-state index is -0.00245. The molecule has 3 aromatic heterocycles. The van der Waals surface area contributed by atoms with Crippen LogP contribution in [-0.2, 0) is 12.3 Å². The zero-order chi connectivity index (χ0) is 21.2. The lowest BCUT2D eigenvalue weighted by atomic mass is 10.2. The Labute approximate surface area is 188 Å². The van der Waals surface area contributed by atoms with Crippen molar-refractivity contribution in [3.63, 3.8) is 0 Å². The van der Waals surface area contributed by atoms with Crippen LogP contribution < -0.4 is 0 Å². The summed E-state index contributed by atoms with van der Waals surface area (Å²) < 4.78 is 3.15. The van der Waals surface area contributed by atoms with E-state index in [4.69, 9.17) is 0 Å². The van der Waals surface area contributed by atoms with E-state index in [0.717, 1.165) is 31.5 Å². The standard InChI is InChI=1S/C24H20N4OS2/c1-27(15-23-26-19-9-3-5-11-21(19)31-23)24(29)18-8-2-4-10-20(18)30-16-17-14-28-13-7-6-12-22(28)25-17/h2-14H,15-16H2,1H3. The lowest BCUT2D eigenvalue weighted by molar-refractivity contribution is 0.0781. The molecule has 0 aliphatic rings. The number of carbonyl (C=O) groups is 1. The van der Waals surface area contributed by atoms with Crippen LogP contribution in [0.25, 0.3) is 15.9 Å². The Hall–Kier alpha value is -3.16. The van der Waals surface area contributed by atoms with Crippen molar-refractivity contribution in [1.82, 2.24) is 19.3 Å². The Morgan fingerprint density at radius 2 is 1.84 bits per heavy atom. The number of nitrogens with zero attached hydrogens (tertiary/aromatic N) is 4. The monoisotopic (exact) mass is 444 g/mol. The average Bonchev–Trinajstić information content (AvgIpc) is 3.40. The molecule has 0 spiro atoms. The summed E-state index contributed by atoms with van der Waals surface area (Å²) in [5.74, 6) is 0.699. The normalized spacial score (nSPS) is 11.3. The summed E-state index contributed by atoms with van der Waals surface area (Å²) in [6.45, 7) is 0.490. The molecule has 0 radical (unpaired) electrons. The van der Waals surface area contributed by atoms with E-state index in [9.17, 15) is 4.79 Å². The molecule has 5 aromatic rings. The Balaban J connectivity index is 1.31. The molecule has 0 saturated heterocycles. The maximum absolute atomic E-state index is 13.2. The van der Waals surface area contributed by atoms with E-state index in [-0.39, 0.29) is 5.91 Å². The average molecular weight is 445 g/mol. The lowest BCUT2D eigenvalue weighted by Crippen LogP contribution is -2.26. The largest absolute Gasteiger partial charge is 0.335 e. The summed E-state index contributed by atoms with van der Waals surface area (Å²) in [6.07, 6.45) is 4.02. The van der Waals surface area contributed by atoms with Crippen LogP contribution in [0, 0.1) is 0 Å². The molecule has 154 valence electrons. The molecular weight excluding hydrogens is 424 g/mol. The van der Waals surface area contributed by atoms with Crippen molar-refractivity contribution in [1.29, 1.82) is 0 Å². The fourth-order valence-electron chi connectivity index (χ4n) is 3.45. The molecule has 7 heteroatoms. The molecule has 5 nitrogen and oxygen atoms in total. The number of amides is 1. The van der Waals surface area contributed by atoms with Crippen molar-refractivity contribution in [3.8, 4) is 0 Å². The SMILES string of the molecule is CN(Cc1nc2ccccc2s1)C(=O)c1ccccc1SCc1cn2ccccc2n1. The van der Waals surface area contributed by atoms with Gasteiger partial charge in [0.2, 0.25) is 0 Å². The summed E-state index contributed by atoms with van der Waals surface area (Å²) in [4.78, 5) is 25.2. The van der Waals surface area contributed by atoms with E-state index in [2.05, 4.69) is 16.0 Å². The minimum absolute atomic E-state index is 0.00245. The predicted octanol–water partition coefficient (Wildman–Crippen LogP) is 5.51. The molecule has 0 unspecified atom stereocenters. The van der Waals surface area contributed by atoms with Gasteiger partial charge in [-0.1, -0.05) is 30.3 Å². The van der Waals surface area contributed by atoms with Crippen LogP contribution in [0.4, 0.5) is 0 Å². The second-order valence-corrected chi connectivity index (χ2v) is 9.35. The highest BCUT2D eigenvalue weighted by Gasteiger charge is 2.18. The van der Waals surface area contributed by atoms with E-state index in [0.29, 0.717) is 17.9 Å². The van der Waals surface area contributed by atoms with Crippen LogP contribution in [-0.4, -0.2) is 32.2 Å². The Morgan fingerprint density at radius 3 is 2.71 bits per heavy atom. The number of benzene rings is 2. The number of carbonyl (C=O) groups excluding carboxylic acids is 1. The number of hydrogen-bond acceptors (Lipinski definition) is 5. The van der Waals surface area contributed by atoms with Crippen molar-refractivity contribution in [2.75, 3.05) is 7.05 Å². The van der Waals surface area contributed by atoms with Crippen LogP contribution in [0.1, 0.15) is 21.1 Å². The smallest absolute Gasteiger partial charge is 0.255 e. The van der Waals surface area contributed by atoms with Gasteiger partial charge in [-0.25, -0.2) is 9.97 Å². The first-order chi connectivity index (χ1) is 15.2. The Bertz CT molecular complexity index is 1310. The second kappa shape index (κ2) is 8.53. The van der Waals surface area contributed by atoms with Gasteiger partial charge in [0.15, 0.2) is 0 Å². The Kier molecular flexibility index (Phi) is 5.44. The van der Waals surface area contributed by atoms with Crippen molar-refractivity contribution in [2.45, 2.75) is 17.2 Å². The van der Waals surface area contributed by atoms with Gasteiger partial charge in [0.05, 0.1) is 28.0 Å². The number of fused-ring (bicyclic) bond motifs is 2. The van der Waals surface area contributed by atoms with Crippen LogP contribution in [0.15, 0.2) is 84.0 Å². The molecule has 2 aromatic carbocycles. The molecule has 5 rings (SSSR count). The van der Waals surface area contributed by atoms with Crippen molar-refractivity contribution >= 4 is 44.9 Å². The fourth-order valence-corrected chi connectivity index (χ4v) is 5.39. The highest BCUT2D eigenvalue weighted by Crippen LogP contribution is 2.28. The molecular formula is C24H20N4OS2. The van der Waals surface area contributed by atoms with Gasteiger partial charge < -0.3 is 9.30 Å². The lowest BCUT2D eigenvalue weighted by Gasteiger charge is -2.17. The van der Waals surface area contributed by atoms with Gasteiger partial charge in [-0.05, 0) is 36.4 Å². The summed E-state index contributed by atoms with van der Waals surface area (Å²) in [6, 6.07) is 21.8. The van der Waals surface area contributed by atoms with Crippen LogP contribution in [0.3, 0.4) is 0 Å². The van der Waals surface area contributed by atoms with Gasteiger partial charge in [-0.2, -0.15) is 0 Å². The van der Waals surface area contributed by atoms with Crippen LogP contribution >= 0.6 is 23.1 Å². The molecule has 0 aliphatic heterocycles. The van der Waals surface area contributed by atoms with Gasteiger partial charge in [0, 0.05) is 30.1 Å². The third-order valence-corrected chi connectivity index (χ3v) is 7.09. The zero-order valence-corrected chi connectivity index (χ0v) is 18.6. The summed E-state index contributed by atoms with van der Waals surface area (Å²) >= 11 is 3.27. The third-order valence-electron chi connectivity index (χ3n) is 4.96. The molecule has 0 fully saturated rings. The van der Waals surface area contributed by atoms with E-state index >= 15 is 0 Å². The maximum atomic E-state index is 13.2. The van der Waals surface area contributed by atoms with E-state index in [1.807, 2.05) is 84.5 Å². The highest BCUT2D eigenvalue weighted by atomic mass is 32.2. The number of thiazole rings is 1. The topological polar surface area (TPSA) is 50.5 Å². The molecule has 0 atom stereocenters. The number of thioether (sulfide) groups is 1. The quantitative estimate of drug-likeness (QED) is 0.324. The predicted molar refractivity (Wildman–Crippen MR) is 127 cm³/mol. The number of para-hydroxylation sites is 1. The first kappa shape index (κ1) is 19.8. The summed E-state index contributed by atoms with van der Waals surface area (Å²) in [5, 5.41) is 0.937. The second-order valence-electron chi connectivity index (χ2n) is 7.22. The van der Waals surface area contributed by atoms with Crippen molar-refractivity contribution < 1.29 is 4.79 Å². The summed E-state index contributed by atoms with van der Waals surface area (Å²) in [7, 11) is 1.83. The van der Waals surface area contributed by atoms with Gasteiger partial charge in [0.1, 0.15) is 10.7 Å². The van der Waals surface area contributed by atoms with E-state index in [1.54, 1.807) is 28.0 Å². The first-order valence-corrected chi connectivity index (χ1v) is 11.7. The Morgan fingerprint density at radius 1 is 1.03 bits per heavy atom. The molecule has 0 N–H and O–H groups in total. The molecule has 31 heavy (non-hydrogen) atoms. The van der Waals surface area contributed by atoms with Gasteiger partial charge in [-0.3, -0.25) is 4.79 Å². The van der Waals surface area contributed by atoms with Gasteiger partial charge in [0.25, 0.3) is 5.91 Å². The summed E-state index contributed by atoms with van der Waals surface area (Å²) in [5.41, 5.74) is 3.60. The van der Waals surface area contributed by atoms with Gasteiger partial charge in [-0.15, -0.1) is 23.1 Å². The number of imidazole rings is 1. The van der Waals surface area contributed by atoms with Crippen LogP contribution in [0.2, 0.25) is 0 Å². The molecule has 0 aliphatic carbocycles. The van der Waals surface area contributed by atoms with Gasteiger partial charge >= 0.3 is 0 Å².